The number of hydrogen-bond acceptors (Lipinski definition) is 10. The van der Waals surface area contributed by atoms with Gasteiger partial charge in [-0.15, -0.1) is 0 Å². The van der Waals surface area contributed by atoms with Crippen LogP contribution >= 0.6 is 0 Å². The average Bonchev–Trinajstić information content (AvgIpc) is 3.98. The highest BCUT2D eigenvalue weighted by atomic mass is 16.6. The van der Waals surface area contributed by atoms with Crippen molar-refractivity contribution in [1.82, 2.24) is 9.88 Å². The van der Waals surface area contributed by atoms with Crippen LogP contribution in [0.3, 0.4) is 0 Å². The van der Waals surface area contributed by atoms with Crippen molar-refractivity contribution in [2.75, 3.05) is 98.7 Å². The van der Waals surface area contributed by atoms with Crippen molar-refractivity contribution in [1.29, 1.82) is 0 Å². The summed E-state index contributed by atoms with van der Waals surface area (Å²) in [4.78, 5) is 46.9. The molecule has 9 heterocycles. The fourth-order valence-corrected chi connectivity index (χ4v) is 13.0. The van der Waals surface area contributed by atoms with Gasteiger partial charge in [0.15, 0.2) is 6.10 Å². The molecule has 0 amide bonds. The normalized spacial score (nSPS) is 38.6. The molecule has 66 heavy (non-hydrogen) atoms. The van der Waals surface area contributed by atoms with Crippen LogP contribution in [-0.4, -0.2) is 187 Å². The first-order chi connectivity index (χ1) is 31.6. The first-order valence-corrected chi connectivity index (χ1v) is 25.0. The fourth-order valence-electron chi connectivity index (χ4n) is 13.0. The van der Waals surface area contributed by atoms with E-state index in [2.05, 4.69) is 34.2 Å². The van der Waals surface area contributed by atoms with Gasteiger partial charge in [0, 0.05) is 68.6 Å². The number of esters is 3. The number of H-pyrrole nitrogens is 1. The molecule has 7 fully saturated rings. The number of aromatic amines is 1. The minimum atomic E-state index is -0.913. The number of benzene rings is 1. The molecule has 1 aromatic carbocycles. The number of hydrogen-bond donors (Lipinski definition) is 2. The number of ether oxygens (including phenoxy) is 5. The van der Waals surface area contributed by atoms with Crippen LogP contribution in [-0.2, 0) is 35.0 Å². The molecular weight excluding hydrogens is 839 g/mol. The second-order valence-corrected chi connectivity index (χ2v) is 21.6. The Balaban J connectivity index is 0.862. The zero-order valence-electron chi connectivity index (χ0n) is 40.3. The molecular formula is C52H76N5O9+3. The van der Waals surface area contributed by atoms with Crippen molar-refractivity contribution in [3.63, 3.8) is 0 Å². The Morgan fingerprint density at radius 2 is 1.58 bits per heavy atom. The molecule has 9 aliphatic rings. The number of carbonyl (C=O) groups excluding carboxylic acids is 3. The lowest BCUT2D eigenvalue weighted by Gasteiger charge is -2.56. The first kappa shape index (κ1) is 47.2. The van der Waals surface area contributed by atoms with Crippen LogP contribution in [0.2, 0.25) is 0 Å². The van der Waals surface area contributed by atoms with Gasteiger partial charge in [0.1, 0.15) is 75.9 Å². The van der Waals surface area contributed by atoms with Gasteiger partial charge in [0.05, 0.1) is 50.0 Å². The third-order valence-corrected chi connectivity index (χ3v) is 17.6. The van der Waals surface area contributed by atoms with Gasteiger partial charge in [-0.25, -0.2) is 14.4 Å². The summed E-state index contributed by atoms with van der Waals surface area (Å²) in [5.74, 6) is -2.69. The second-order valence-electron chi connectivity index (χ2n) is 21.6. The molecule has 11 atom stereocenters. The maximum Gasteiger partial charge on any atom is 0.355 e. The third kappa shape index (κ3) is 9.32. The van der Waals surface area contributed by atoms with Crippen molar-refractivity contribution in [3.8, 4) is 0 Å². The van der Waals surface area contributed by atoms with E-state index in [1.54, 1.807) is 32.2 Å². The quantitative estimate of drug-likeness (QED) is 0.112. The predicted octanol–water partition coefficient (Wildman–Crippen LogP) is 4.74. The van der Waals surface area contributed by atoms with Crippen LogP contribution in [0.25, 0.3) is 0 Å². The first-order valence-electron chi connectivity index (χ1n) is 25.0. The molecule has 1 spiro atoms. The molecule has 1 unspecified atom stereocenters. The molecule has 360 valence electrons. The highest BCUT2D eigenvalue weighted by Gasteiger charge is 2.58. The molecule has 14 heteroatoms. The lowest BCUT2D eigenvalue weighted by atomic mass is 9.69. The summed E-state index contributed by atoms with van der Waals surface area (Å²) in [6.45, 7) is 28.0. The summed E-state index contributed by atoms with van der Waals surface area (Å²) in [6.07, 6.45) is 5.55. The standard InChI is InChI=1S/C52H75N5O9/c1-35-30-36(2)52-33-42(48(66-52)47(37(3)38(4)58)65-50(60)44-12-8-15-53-44)13-14-43(52)32-45(62-6)51(61)64-46(35)39(5)63-49(59)41-11-7-10-40(31-41)34-57-27-24-56(25-28-57,26-29-57)20-9-19-55-21-16-54(17-22-55)18-23-55/h7-8,10-15,30-31,35,37-39,42-43,45-48,58H,9,16-29,32-34H2,1-6H3/q+2/p+1/b36-30+/t35-,37-,38+,39-,42-,43?,45+,46+,47-,48-,52+,56?,57?/m1/s1. The van der Waals surface area contributed by atoms with Gasteiger partial charge < -0.3 is 47.2 Å². The Labute approximate surface area is 391 Å². The van der Waals surface area contributed by atoms with E-state index in [0.717, 1.165) is 22.2 Å². The topological polar surface area (TPSA) is 137 Å². The Kier molecular flexibility index (Phi) is 13.5. The SMILES string of the molecule is CO[C@H]1CC2C=C[C@@H]3C[C@]2(O[C@H]3[C@H](OC(=O)c2ccc[nH]2)[C@H](C)[C@H](C)O)/C(C)=C/[C@@H](C)[C@@H]([C@@H](C)OC(=O)c2cccc(C[N+]34CC[N+](CCC[N+]56CCN(CC5)CC6)(CC3)CC4)c2)OC1=O. The van der Waals surface area contributed by atoms with Gasteiger partial charge in [-0.2, -0.15) is 0 Å². The Morgan fingerprint density at radius 3 is 2.23 bits per heavy atom. The number of aliphatic hydroxyl groups excluding tert-OH is 1. The molecule has 11 rings (SSSR count). The molecule has 8 aliphatic heterocycles. The summed E-state index contributed by atoms with van der Waals surface area (Å²) >= 11 is 0. The molecule has 0 saturated carbocycles. The smallest absolute Gasteiger partial charge is 0.355 e. The number of rotatable bonds is 15. The summed E-state index contributed by atoms with van der Waals surface area (Å²) < 4.78 is 35.3. The van der Waals surface area contributed by atoms with Crippen molar-refractivity contribution < 1.29 is 56.6 Å². The van der Waals surface area contributed by atoms with Gasteiger partial charge in [-0.05, 0) is 63.5 Å². The monoisotopic (exact) mass is 915 g/mol. The number of fused-ring (bicyclic) bond motifs is 7. The number of methoxy groups -OCH3 is 1. The van der Waals surface area contributed by atoms with E-state index in [1.807, 2.05) is 39.0 Å². The van der Waals surface area contributed by atoms with Crippen molar-refractivity contribution in [3.05, 3.63) is 83.2 Å². The Morgan fingerprint density at radius 1 is 0.894 bits per heavy atom. The maximum atomic E-state index is 14.0. The number of aromatic nitrogens is 1. The van der Waals surface area contributed by atoms with E-state index in [-0.39, 0.29) is 24.2 Å². The minimum Gasteiger partial charge on any atom is -0.456 e. The van der Waals surface area contributed by atoms with E-state index in [4.69, 9.17) is 23.7 Å². The number of carbonyl (C=O) groups is 3. The van der Waals surface area contributed by atoms with Crippen LogP contribution < -0.4 is 0 Å². The summed E-state index contributed by atoms with van der Waals surface area (Å²) in [6, 6.07) is 11.3. The minimum absolute atomic E-state index is 0.124. The highest BCUT2D eigenvalue weighted by Crippen LogP contribution is 2.53. The number of nitrogens with one attached hydrogen (secondary N) is 1. The number of cyclic esters (lactones) is 1. The largest absolute Gasteiger partial charge is 0.456 e. The molecule has 6 bridgehead atoms. The van der Waals surface area contributed by atoms with E-state index in [1.165, 1.54) is 114 Å². The van der Waals surface area contributed by atoms with Gasteiger partial charge in [0.25, 0.3) is 0 Å². The summed E-state index contributed by atoms with van der Waals surface area (Å²) in [5, 5.41) is 10.8. The lowest BCUT2D eigenvalue weighted by Crippen LogP contribution is -2.75. The molecule has 0 radical (unpaired) electrons. The van der Waals surface area contributed by atoms with Crippen LogP contribution in [0, 0.1) is 23.7 Å². The molecule has 1 aliphatic carbocycles. The number of aliphatic hydroxyl groups is 1. The lowest BCUT2D eigenvalue weighted by molar-refractivity contribution is -1.09. The fraction of sp³-hybridized carbons (Fsp3) is 0.673. The summed E-state index contributed by atoms with van der Waals surface area (Å²) in [5.41, 5.74) is 2.05. The Hall–Kier alpha value is -3.89. The van der Waals surface area contributed by atoms with Crippen LogP contribution in [0.1, 0.15) is 80.3 Å². The molecule has 14 nitrogen and oxygen atoms in total. The van der Waals surface area contributed by atoms with Crippen molar-refractivity contribution in [2.24, 2.45) is 23.7 Å². The van der Waals surface area contributed by atoms with Crippen LogP contribution in [0.5, 0.6) is 0 Å². The van der Waals surface area contributed by atoms with Gasteiger partial charge in [-0.1, -0.05) is 44.2 Å². The molecule has 2 aromatic rings. The number of piperazine rings is 6. The summed E-state index contributed by atoms with van der Waals surface area (Å²) in [7, 11) is 1.50. The van der Waals surface area contributed by atoms with E-state index in [9.17, 15) is 19.5 Å². The predicted molar refractivity (Wildman–Crippen MR) is 248 cm³/mol. The molecule has 7 saturated heterocycles. The zero-order valence-corrected chi connectivity index (χ0v) is 40.3. The van der Waals surface area contributed by atoms with Crippen molar-refractivity contribution >= 4 is 17.9 Å². The number of nitrogens with zero attached hydrogens (tertiary/aromatic N) is 4. The van der Waals surface area contributed by atoms with Crippen LogP contribution in [0.15, 0.2) is 66.4 Å². The molecule has 1 aromatic heterocycles. The van der Waals surface area contributed by atoms with Crippen LogP contribution in [0.4, 0.5) is 0 Å². The second kappa shape index (κ2) is 18.9. The zero-order chi connectivity index (χ0) is 46.4. The third-order valence-electron chi connectivity index (χ3n) is 17.6. The van der Waals surface area contributed by atoms with E-state index >= 15 is 0 Å². The van der Waals surface area contributed by atoms with E-state index < -0.39 is 66.1 Å². The number of quaternary nitrogens is 3. The Bertz CT molecular complexity index is 2090. The van der Waals surface area contributed by atoms with E-state index in [0.29, 0.717) is 17.7 Å². The van der Waals surface area contributed by atoms with Gasteiger partial charge in [-0.3, -0.25) is 4.90 Å². The van der Waals surface area contributed by atoms with Crippen molar-refractivity contribution in [2.45, 2.75) is 103 Å². The van der Waals surface area contributed by atoms with Gasteiger partial charge in [0.2, 0.25) is 0 Å². The average molecular weight is 915 g/mol. The maximum absolute atomic E-state index is 14.0. The van der Waals surface area contributed by atoms with Gasteiger partial charge >= 0.3 is 17.9 Å². The molecule has 2 N–H and O–H groups in total. The highest BCUT2D eigenvalue weighted by molar-refractivity contribution is 5.89.